The largest absolute Gasteiger partial charge is 0.493 e. The quantitative estimate of drug-likeness (QED) is 0.153. The molecule has 2 aromatic rings. The SMILES string of the molecule is COc1cc(NC(=NCc2ccc([N+](=O)[O-])cc2)NCC2CCCO2)cc(OC)c1OC.I. The Hall–Kier alpha value is -2.80. The Labute approximate surface area is 209 Å². The molecule has 0 bridgehead atoms. The van der Waals surface area contributed by atoms with E-state index in [1.807, 2.05) is 0 Å². The summed E-state index contributed by atoms with van der Waals surface area (Å²) in [6.07, 6.45) is 2.16. The van der Waals surface area contributed by atoms with Crippen LogP contribution in [0.1, 0.15) is 18.4 Å². The number of benzene rings is 2. The summed E-state index contributed by atoms with van der Waals surface area (Å²) < 4.78 is 21.9. The molecule has 2 N–H and O–H groups in total. The molecule has 10 nitrogen and oxygen atoms in total. The van der Waals surface area contributed by atoms with Gasteiger partial charge in [-0.1, -0.05) is 12.1 Å². The number of hydrogen-bond donors (Lipinski definition) is 2. The number of nitrogens with zero attached hydrogens (tertiary/aromatic N) is 2. The number of nitrogens with one attached hydrogen (secondary N) is 2. The zero-order valence-electron chi connectivity index (χ0n) is 18.8. The number of nitro benzene ring substituents is 1. The summed E-state index contributed by atoms with van der Waals surface area (Å²) in [6.45, 7) is 1.71. The van der Waals surface area contributed by atoms with E-state index < -0.39 is 4.92 Å². The number of halogens is 1. The highest BCUT2D eigenvalue weighted by molar-refractivity contribution is 14.0. The fourth-order valence-corrected chi connectivity index (χ4v) is 3.34. The lowest BCUT2D eigenvalue weighted by molar-refractivity contribution is -0.384. The minimum Gasteiger partial charge on any atom is -0.493 e. The van der Waals surface area contributed by atoms with Crippen molar-refractivity contribution in [3.63, 3.8) is 0 Å². The molecule has 1 aliphatic rings. The number of methoxy groups -OCH3 is 3. The number of guanidine groups is 1. The Morgan fingerprint density at radius 3 is 2.33 bits per heavy atom. The maximum absolute atomic E-state index is 10.9. The Morgan fingerprint density at radius 2 is 1.82 bits per heavy atom. The van der Waals surface area contributed by atoms with Crippen LogP contribution in [0.15, 0.2) is 41.4 Å². The molecule has 1 fully saturated rings. The summed E-state index contributed by atoms with van der Waals surface area (Å²) in [7, 11) is 4.66. The molecule has 2 aromatic carbocycles. The van der Waals surface area contributed by atoms with E-state index in [1.54, 1.807) is 45.6 Å². The Kier molecular flexibility index (Phi) is 10.5. The fraction of sp³-hybridized carbons (Fsp3) is 0.409. The summed E-state index contributed by atoms with van der Waals surface area (Å²) in [5.41, 5.74) is 1.59. The highest BCUT2D eigenvalue weighted by Crippen LogP contribution is 2.39. The summed E-state index contributed by atoms with van der Waals surface area (Å²) in [5.74, 6) is 2.07. The fourth-order valence-electron chi connectivity index (χ4n) is 3.34. The predicted octanol–water partition coefficient (Wildman–Crippen LogP) is 3.98. The van der Waals surface area contributed by atoms with Gasteiger partial charge in [0.15, 0.2) is 17.5 Å². The van der Waals surface area contributed by atoms with Gasteiger partial charge in [-0.2, -0.15) is 0 Å². The van der Waals surface area contributed by atoms with Crippen molar-refractivity contribution in [1.29, 1.82) is 0 Å². The molecule has 0 amide bonds. The summed E-state index contributed by atoms with van der Waals surface area (Å²) in [4.78, 5) is 15.1. The Bertz CT molecular complexity index is 923. The number of aliphatic imine (C=N–C) groups is 1. The molecule has 1 unspecified atom stereocenters. The number of non-ortho nitro benzene ring substituents is 1. The third-order valence-electron chi connectivity index (χ3n) is 5.02. The highest BCUT2D eigenvalue weighted by Gasteiger charge is 2.17. The van der Waals surface area contributed by atoms with Crippen LogP contribution in [0.4, 0.5) is 11.4 Å². The van der Waals surface area contributed by atoms with Crippen molar-refractivity contribution in [2.45, 2.75) is 25.5 Å². The zero-order valence-corrected chi connectivity index (χ0v) is 21.2. The molecule has 0 radical (unpaired) electrons. The van der Waals surface area contributed by atoms with E-state index in [4.69, 9.17) is 18.9 Å². The summed E-state index contributed by atoms with van der Waals surface area (Å²) >= 11 is 0. The summed E-state index contributed by atoms with van der Waals surface area (Å²) in [5, 5.41) is 17.4. The monoisotopic (exact) mass is 572 g/mol. The van der Waals surface area contributed by atoms with Gasteiger partial charge in [0.25, 0.3) is 5.69 Å². The Morgan fingerprint density at radius 1 is 1.15 bits per heavy atom. The number of nitro groups is 1. The minimum absolute atomic E-state index is 0. The van der Waals surface area contributed by atoms with Crippen LogP contribution in [0.5, 0.6) is 17.2 Å². The summed E-state index contributed by atoms with van der Waals surface area (Å²) in [6, 6.07) is 9.90. The normalized spacial score (nSPS) is 15.4. The van der Waals surface area contributed by atoms with Crippen molar-refractivity contribution in [2.75, 3.05) is 39.8 Å². The third kappa shape index (κ3) is 7.35. The van der Waals surface area contributed by atoms with Crippen molar-refractivity contribution >= 4 is 41.3 Å². The van der Waals surface area contributed by atoms with E-state index in [1.165, 1.54) is 12.1 Å². The molecule has 33 heavy (non-hydrogen) atoms. The van der Waals surface area contributed by atoms with E-state index in [-0.39, 0.29) is 35.8 Å². The molecule has 0 aliphatic carbocycles. The number of anilines is 1. The van der Waals surface area contributed by atoms with E-state index in [0.29, 0.717) is 42.0 Å². The van der Waals surface area contributed by atoms with Gasteiger partial charge < -0.3 is 29.6 Å². The van der Waals surface area contributed by atoms with Crippen LogP contribution < -0.4 is 24.8 Å². The average molecular weight is 572 g/mol. The maximum atomic E-state index is 10.9. The standard InChI is InChI=1S/C22H28N4O6.HI/c1-29-19-11-16(12-20(30-2)21(19)31-3)25-22(24-14-18-5-4-10-32-18)23-13-15-6-8-17(9-7-15)26(27)28;/h6-9,11-12,18H,4-5,10,13-14H2,1-3H3,(H2,23,24,25);1H. The lowest BCUT2D eigenvalue weighted by atomic mass is 10.2. The molecule has 3 rings (SSSR count). The van der Waals surface area contributed by atoms with Crippen molar-refractivity contribution in [3.05, 3.63) is 52.1 Å². The number of ether oxygens (including phenoxy) is 4. The van der Waals surface area contributed by atoms with Crippen molar-refractivity contribution in [2.24, 2.45) is 4.99 Å². The van der Waals surface area contributed by atoms with Gasteiger partial charge in [0.05, 0.1) is 38.9 Å². The van der Waals surface area contributed by atoms with E-state index >= 15 is 0 Å². The average Bonchev–Trinajstić information content (AvgIpc) is 3.34. The first kappa shape index (κ1) is 26.5. The molecule has 1 aliphatic heterocycles. The van der Waals surface area contributed by atoms with Gasteiger partial charge in [0.1, 0.15) is 0 Å². The van der Waals surface area contributed by atoms with Crippen molar-refractivity contribution in [1.82, 2.24) is 5.32 Å². The number of hydrogen-bond acceptors (Lipinski definition) is 7. The molecule has 180 valence electrons. The van der Waals surface area contributed by atoms with Crippen LogP contribution in [-0.4, -0.2) is 51.5 Å². The molecule has 1 saturated heterocycles. The van der Waals surface area contributed by atoms with E-state index in [9.17, 15) is 10.1 Å². The second kappa shape index (κ2) is 13.0. The lowest BCUT2D eigenvalue weighted by Crippen LogP contribution is -2.36. The first-order chi connectivity index (χ1) is 15.5. The topological polar surface area (TPSA) is 116 Å². The second-order valence-electron chi connectivity index (χ2n) is 7.14. The minimum atomic E-state index is -0.423. The molecular weight excluding hydrogens is 543 g/mol. The molecule has 0 saturated carbocycles. The lowest BCUT2D eigenvalue weighted by Gasteiger charge is -2.18. The predicted molar refractivity (Wildman–Crippen MR) is 136 cm³/mol. The van der Waals surface area contributed by atoms with Gasteiger partial charge in [-0.25, -0.2) is 4.99 Å². The molecule has 1 heterocycles. The van der Waals surface area contributed by atoms with Crippen LogP contribution >= 0.6 is 24.0 Å². The molecule has 11 heteroatoms. The van der Waals surface area contributed by atoms with Crippen LogP contribution in [0.2, 0.25) is 0 Å². The van der Waals surface area contributed by atoms with E-state index in [2.05, 4.69) is 15.6 Å². The van der Waals surface area contributed by atoms with E-state index in [0.717, 1.165) is 25.0 Å². The molecular formula is C22H29IN4O6. The molecule has 0 spiro atoms. The molecule has 0 aromatic heterocycles. The van der Waals surface area contributed by atoms with Crippen LogP contribution in [0.25, 0.3) is 0 Å². The van der Waals surface area contributed by atoms with Crippen LogP contribution in [-0.2, 0) is 11.3 Å². The van der Waals surface area contributed by atoms with Gasteiger partial charge in [-0.3, -0.25) is 10.1 Å². The highest BCUT2D eigenvalue weighted by atomic mass is 127. The van der Waals surface area contributed by atoms with Crippen molar-refractivity contribution < 1.29 is 23.9 Å². The van der Waals surface area contributed by atoms with Crippen LogP contribution in [0.3, 0.4) is 0 Å². The third-order valence-corrected chi connectivity index (χ3v) is 5.02. The first-order valence-corrected chi connectivity index (χ1v) is 10.2. The van der Waals surface area contributed by atoms with Gasteiger partial charge in [0, 0.05) is 43.1 Å². The smallest absolute Gasteiger partial charge is 0.269 e. The second-order valence-corrected chi connectivity index (χ2v) is 7.14. The van der Waals surface area contributed by atoms with Gasteiger partial charge in [-0.05, 0) is 18.4 Å². The zero-order chi connectivity index (χ0) is 22.9. The van der Waals surface area contributed by atoms with Gasteiger partial charge in [-0.15, -0.1) is 24.0 Å². The Balaban J connectivity index is 0.00000385. The van der Waals surface area contributed by atoms with Crippen LogP contribution in [0, 0.1) is 10.1 Å². The first-order valence-electron chi connectivity index (χ1n) is 10.2. The van der Waals surface area contributed by atoms with Gasteiger partial charge >= 0.3 is 0 Å². The van der Waals surface area contributed by atoms with Gasteiger partial charge in [0.2, 0.25) is 5.75 Å². The molecule has 1 atom stereocenters. The number of rotatable bonds is 9. The van der Waals surface area contributed by atoms with Crippen molar-refractivity contribution in [3.8, 4) is 17.2 Å². The maximum Gasteiger partial charge on any atom is 0.269 e.